The second-order valence-corrected chi connectivity index (χ2v) is 6.87. The Kier molecular flexibility index (Phi) is 6.95. The van der Waals surface area contributed by atoms with Crippen molar-refractivity contribution in [1.29, 1.82) is 0 Å². The van der Waals surface area contributed by atoms with Gasteiger partial charge in [0.2, 0.25) is 0 Å². The van der Waals surface area contributed by atoms with E-state index in [0.717, 1.165) is 30.7 Å². The van der Waals surface area contributed by atoms with Crippen molar-refractivity contribution >= 4 is 0 Å². The Morgan fingerprint density at radius 3 is 2.72 bits per heavy atom. The van der Waals surface area contributed by atoms with Crippen molar-refractivity contribution in [3.05, 3.63) is 75.7 Å². The van der Waals surface area contributed by atoms with Gasteiger partial charge in [-0.1, -0.05) is 37.3 Å². The maximum atomic E-state index is 5.98. The van der Waals surface area contributed by atoms with Crippen molar-refractivity contribution in [1.82, 2.24) is 4.98 Å². The molecule has 1 aromatic heterocycles. The lowest BCUT2D eigenvalue weighted by Gasteiger charge is -2.13. The minimum absolute atomic E-state index is 0.613. The largest absolute Gasteiger partial charge is 0.372 e. The molecule has 0 amide bonds. The first-order valence-corrected chi connectivity index (χ1v) is 9.18. The summed E-state index contributed by atoms with van der Waals surface area (Å²) in [6.07, 6.45) is 7.62. The molecule has 25 heavy (non-hydrogen) atoms. The number of allylic oxidation sites excluding steroid dienone is 6. The van der Waals surface area contributed by atoms with E-state index in [1.54, 1.807) is 0 Å². The maximum absolute atomic E-state index is 5.98. The predicted octanol–water partition coefficient (Wildman–Crippen LogP) is 6.16. The zero-order valence-corrected chi connectivity index (χ0v) is 16.4. The summed E-state index contributed by atoms with van der Waals surface area (Å²) >= 11 is 0. The summed E-state index contributed by atoms with van der Waals surface area (Å²) in [5.74, 6) is 0. The third-order valence-electron chi connectivity index (χ3n) is 4.88. The van der Waals surface area contributed by atoms with Gasteiger partial charge in [-0.05, 0) is 80.9 Å². The van der Waals surface area contributed by atoms with Crippen molar-refractivity contribution in [3.8, 4) is 0 Å². The zero-order chi connectivity index (χ0) is 18.4. The highest BCUT2D eigenvalue weighted by molar-refractivity contribution is 5.55. The van der Waals surface area contributed by atoms with Gasteiger partial charge < -0.3 is 4.74 Å². The molecular formula is C23H31NO. The van der Waals surface area contributed by atoms with Crippen LogP contribution < -0.4 is 0 Å². The van der Waals surface area contributed by atoms with Crippen molar-refractivity contribution in [2.45, 2.75) is 60.5 Å². The van der Waals surface area contributed by atoms with E-state index in [4.69, 9.17) is 4.74 Å². The van der Waals surface area contributed by atoms with Gasteiger partial charge in [0.15, 0.2) is 0 Å². The van der Waals surface area contributed by atoms with Crippen LogP contribution in [0.4, 0.5) is 0 Å². The highest BCUT2D eigenvalue weighted by Gasteiger charge is 2.18. The molecule has 134 valence electrons. The van der Waals surface area contributed by atoms with E-state index in [2.05, 4.69) is 50.6 Å². The Labute approximate surface area is 153 Å². The number of pyridine rings is 1. The zero-order valence-electron chi connectivity index (χ0n) is 16.4. The Hall–Kier alpha value is -1.93. The Bertz CT molecular complexity index is 734. The lowest BCUT2D eigenvalue weighted by atomic mass is 9.95. The fraction of sp³-hybridized carbons (Fsp3) is 0.435. The van der Waals surface area contributed by atoms with Crippen LogP contribution in [-0.4, -0.2) is 11.6 Å². The molecule has 2 nitrogen and oxygen atoms in total. The topological polar surface area (TPSA) is 22.1 Å². The van der Waals surface area contributed by atoms with Crippen LogP contribution in [0.15, 0.2) is 58.7 Å². The first kappa shape index (κ1) is 19.4. The fourth-order valence-corrected chi connectivity index (χ4v) is 3.23. The number of aryl methyl sites for hydroxylation is 2. The van der Waals surface area contributed by atoms with Crippen LogP contribution >= 0.6 is 0 Å². The number of ether oxygens (including phenoxy) is 1. The van der Waals surface area contributed by atoms with Gasteiger partial charge in [-0.25, -0.2) is 0 Å². The molecule has 0 saturated heterocycles. The lowest BCUT2D eigenvalue weighted by molar-refractivity contribution is 0.141. The molecule has 1 aromatic rings. The van der Waals surface area contributed by atoms with Crippen LogP contribution in [0.25, 0.3) is 0 Å². The molecule has 2 heteroatoms. The summed E-state index contributed by atoms with van der Waals surface area (Å²) in [5, 5.41) is 0. The summed E-state index contributed by atoms with van der Waals surface area (Å²) in [4.78, 5) is 4.50. The number of nitrogens with zero attached hydrogens (tertiary/aromatic N) is 1. The third kappa shape index (κ3) is 5.02. The van der Waals surface area contributed by atoms with Gasteiger partial charge >= 0.3 is 0 Å². The van der Waals surface area contributed by atoms with Crippen molar-refractivity contribution in [2.24, 2.45) is 0 Å². The number of hydrogen-bond donors (Lipinski definition) is 0. The van der Waals surface area contributed by atoms with E-state index in [9.17, 15) is 0 Å². The van der Waals surface area contributed by atoms with E-state index in [0.29, 0.717) is 13.2 Å². The van der Waals surface area contributed by atoms with Crippen LogP contribution in [0.5, 0.6) is 0 Å². The number of aromatic nitrogens is 1. The third-order valence-corrected chi connectivity index (χ3v) is 4.88. The molecule has 0 aromatic carbocycles. The smallest absolute Gasteiger partial charge is 0.0738 e. The molecule has 2 rings (SSSR count). The minimum atomic E-state index is 0.613. The summed E-state index contributed by atoms with van der Waals surface area (Å²) in [6, 6.07) is 4.16. The van der Waals surface area contributed by atoms with Crippen LogP contribution in [0.2, 0.25) is 0 Å². The monoisotopic (exact) mass is 337 g/mol. The van der Waals surface area contributed by atoms with Crippen molar-refractivity contribution in [3.63, 3.8) is 0 Å². The molecule has 0 unspecified atom stereocenters. The second kappa shape index (κ2) is 8.96. The predicted molar refractivity (Wildman–Crippen MR) is 107 cm³/mol. The highest BCUT2D eigenvalue weighted by Crippen LogP contribution is 2.36. The van der Waals surface area contributed by atoms with Gasteiger partial charge in [-0.2, -0.15) is 0 Å². The molecule has 0 saturated carbocycles. The van der Waals surface area contributed by atoms with Gasteiger partial charge in [-0.15, -0.1) is 0 Å². The van der Waals surface area contributed by atoms with E-state index in [1.807, 2.05) is 19.9 Å². The minimum Gasteiger partial charge on any atom is -0.372 e. The van der Waals surface area contributed by atoms with E-state index in [1.165, 1.54) is 33.4 Å². The summed E-state index contributed by atoms with van der Waals surface area (Å²) in [6.45, 7) is 16.0. The molecular weight excluding hydrogens is 306 g/mol. The normalized spacial score (nSPS) is 17.8. The summed E-state index contributed by atoms with van der Waals surface area (Å²) in [5.41, 5.74) is 10.1. The van der Waals surface area contributed by atoms with Gasteiger partial charge in [0.25, 0.3) is 0 Å². The van der Waals surface area contributed by atoms with Crippen LogP contribution in [0.1, 0.15) is 57.0 Å². The van der Waals surface area contributed by atoms with Gasteiger partial charge in [0, 0.05) is 11.4 Å². The Morgan fingerprint density at radius 1 is 1.32 bits per heavy atom. The van der Waals surface area contributed by atoms with E-state index >= 15 is 0 Å². The van der Waals surface area contributed by atoms with Gasteiger partial charge in [0.1, 0.15) is 0 Å². The molecule has 1 aliphatic rings. The molecule has 0 atom stereocenters. The van der Waals surface area contributed by atoms with Crippen molar-refractivity contribution in [2.75, 3.05) is 6.61 Å². The molecule has 1 aliphatic carbocycles. The van der Waals surface area contributed by atoms with Crippen LogP contribution in [-0.2, 0) is 11.3 Å². The fourth-order valence-electron chi connectivity index (χ4n) is 3.23. The van der Waals surface area contributed by atoms with E-state index < -0.39 is 0 Å². The average molecular weight is 338 g/mol. The quantitative estimate of drug-likeness (QED) is 0.555. The second-order valence-electron chi connectivity index (χ2n) is 6.87. The SMILES string of the molecule is C=C(CC)CC1=CCC(=C(\C)COCc2ccc(C)nc2C)/C1=C\C. The van der Waals surface area contributed by atoms with Crippen molar-refractivity contribution < 1.29 is 4.74 Å². The Balaban J connectivity index is 1.99. The molecule has 0 spiro atoms. The molecule has 0 aliphatic heterocycles. The first-order valence-electron chi connectivity index (χ1n) is 9.18. The van der Waals surface area contributed by atoms with Crippen LogP contribution in [0, 0.1) is 13.8 Å². The van der Waals surface area contributed by atoms with Crippen LogP contribution in [0.3, 0.4) is 0 Å². The highest BCUT2D eigenvalue weighted by atomic mass is 16.5. The first-order chi connectivity index (χ1) is 12.0. The summed E-state index contributed by atoms with van der Waals surface area (Å²) < 4.78 is 5.98. The molecule has 1 heterocycles. The molecule has 0 N–H and O–H groups in total. The molecule has 0 bridgehead atoms. The standard InChI is InChI=1S/C23H31NO/c1-7-16(3)13-20-11-12-23(22(20)8-2)17(4)14-25-15-21-10-9-18(5)24-19(21)6/h8-11H,3,7,12-15H2,1-2,4-6H3/b22-8-,23-17-. The van der Waals surface area contributed by atoms with E-state index in [-0.39, 0.29) is 0 Å². The number of rotatable bonds is 7. The molecule has 0 radical (unpaired) electrons. The number of hydrogen-bond acceptors (Lipinski definition) is 2. The van der Waals surface area contributed by atoms with Gasteiger partial charge in [0.05, 0.1) is 13.2 Å². The average Bonchev–Trinajstić information content (AvgIpc) is 2.99. The molecule has 0 fully saturated rings. The maximum Gasteiger partial charge on any atom is 0.0738 e. The van der Waals surface area contributed by atoms with Gasteiger partial charge in [-0.3, -0.25) is 4.98 Å². The Morgan fingerprint density at radius 2 is 2.08 bits per heavy atom. The lowest BCUT2D eigenvalue weighted by Crippen LogP contribution is -2.03. The summed E-state index contributed by atoms with van der Waals surface area (Å²) in [7, 11) is 0.